The normalized spacial score (nSPS) is 11.7. The molecule has 2 aromatic carbocycles. The van der Waals surface area contributed by atoms with Gasteiger partial charge in [0.25, 0.3) is 0 Å². The molecule has 0 heterocycles. The molecule has 0 aliphatic heterocycles. The van der Waals surface area contributed by atoms with Crippen molar-refractivity contribution in [3.8, 4) is 23.0 Å². The average Bonchev–Trinajstić information content (AvgIpc) is 2.81. The molecule has 0 aliphatic carbocycles. The summed E-state index contributed by atoms with van der Waals surface area (Å²) < 4.78 is 26.4. The van der Waals surface area contributed by atoms with Crippen LogP contribution < -0.4 is 18.9 Å². The first-order valence-electron chi connectivity index (χ1n) is 9.96. The zero-order valence-electron chi connectivity index (χ0n) is 18.7. The first-order valence-corrected chi connectivity index (χ1v) is 9.96. The summed E-state index contributed by atoms with van der Waals surface area (Å²) in [5.41, 5.74) is 1.41. The van der Waals surface area contributed by atoms with Crippen LogP contribution in [0.25, 0.3) is 0 Å². The second-order valence-corrected chi connectivity index (χ2v) is 6.84. The summed E-state index contributed by atoms with van der Waals surface area (Å²) in [6.45, 7) is 3.93. The molecule has 2 rings (SSSR count). The van der Waals surface area contributed by atoms with Crippen LogP contribution in [0.1, 0.15) is 22.8 Å². The summed E-state index contributed by atoms with van der Waals surface area (Å²) in [5, 5.41) is 10.5. The molecule has 31 heavy (non-hydrogen) atoms. The minimum atomic E-state index is -0.718. The number of aliphatic hydroxyl groups excluding tert-OH is 1. The van der Waals surface area contributed by atoms with Crippen molar-refractivity contribution in [3.05, 3.63) is 47.5 Å². The zero-order chi connectivity index (χ0) is 22.8. The van der Waals surface area contributed by atoms with Gasteiger partial charge in [-0.05, 0) is 42.4 Å². The van der Waals surface area contributed by atoms with E-state index in [-0.39, 0.29) is 6.61 Å². The monoisotopic (exact) mass is 433 g/mol. The number of nitrogens with zero attached hydrogens (tertiary/aromatic N) is 1. The maximum Gasteiger partial charge on any atom is 0.337 e. The molecule has 0 spiro atoms. The molecule has 0 saturated heterocycles. The van der Waals surface area contributed by atoms with Gasteiger partial charge in [0.1, 0.15) is 12.7 Å². The number of likely N-dealkylation sites (N-methyl/N-ethyl adjacent to an activating group) is 1. The van der Waals surface area contributed by atoms with Gasteiger partial charge in [-0.3, -0.25) is 4.90 Å². The van der Waals surface area contributed by atoms with Crippen molar-refractivity contribution in [2.75, 3.05) is 48.1 Å². The molecule has 0 aromatic heterocycles. The molecule has 0 saturated carbocycles. The Morgan fingerprint density at radius 3 is 2.19 bits per heavy atom. The molecule has 0 bridgehead atoms. The van der Waals surface area contributed by atoms with Gasteiger partial charge >= 0.3 is 5.97 Å². The Balaban J connectivity index is 1.96. The van der Waals surface area contributed by atoms with Crippen molar-refractivity contribution in [2.45, 2.75) is 19.6 Å². The lowest BCUT2D eigenvalue weighted by Gasteiger charge is -2.24. The highest BCUT2D eigenvalue weighted by molar-refractivity contribution is 5.90. The van der Waals surface area contributed by atoms with Crippen molar-refractivity contribution < 1.29 is 33.6 Å². The van der Waals surface area contributed by atoms with E-state index in [2.05, 4.69) is 4.90 Å². The largest absolute Gasteiger partial charge is 0.493 e. The van der Waals surface area contributed by atoms with E-state index in [1.54, 1.807) is 32.4 Å². The van der Waals surface area contributed by atoms with Gasteiger partial charge in [0.2, 0.25) is 0 Å². The van der Waals surface area contributed by atoms with Gasteiger partial charge in [-0.25, -0.2) is 4.79 Å². The van der Waals surface area contributed by atoms with Crippen LogP contribution >= 0.6 is 0 Å². The van der Waals surface area contributed by atoms with Crippen molar-refractivity contribution >= 4 is 5.97 Å². The van der Waals surface area contributed by atoms with Crippen molar-refractivity contribution in [1.82, 2.24) is 4.90 Å². The van der Waals surface area contributed by atoms with E-state index in [0.717, 1.165) is 12.1 Å². The Labute approximate surface area is 183 Å². The van der Waals surface area contributed by atoms with Crippen LogP contribution in [0.15, 0.2) is 36.4 Å². The molecule has 1 N–H and O–H groups in total. The molecule has 8 heteroatoms. The number of carbonyl (C=O) groups is 1. The third-order valence-corrected chi connectivity index (χ3v) is 4.79. The molecule has 170 valence electrons. The Morgan fingerprint density at radius 2 is 1.58 bits per heavy atom. The van der Waals surface area contributed by atoms with Gasteiger partial charge in [0.15, 0.2) is 23.0 Å². The molecule has 1 unspecified atom stereocenters. The number of hydrogen-bond acceptors (Lipinski definition) is 8. The van der Waals surface area contributed by atoms with E-state index in [1.807, 2.05) is 25.1 Å². The molecule has 0 amide bonds. The Hall–Kier alpha value is -2.97. The van der Waals surface area contributed by atoms with Gasteiger partial charge in [0.05, 0.1) is 34.0 Å². The third-order valence-electron chi connectivity index (χ3n) is 4.79. The molecule has 0 fully saturated rings. The highest BCUT2D eigenvalue weighted by atomic mass is 16.5. The summed E-state index contributed by atoms with van der Waals surface area (Å²) in [4.78, 5) is 13.8. The lowest BCUT2D eigenvalue weighted by Crippen LogP contribution is -2.35. The fraction of sp³-hybridized carbons (Fsp3) is 0.435. The lowest BCUT2D eigenvalue weighted by molar-refractivity contribution is 0.0598. The van der Waals surface area contributed by atoms with Crippen LogP contribution in [-0.4, -0.2) is 70.2 Å². The van der Waals surface area contributed by atoms with Gasteiger partial charge in [-0.1, -0.05) is 13.0 Å². The average molecular weight is 434 g/mol. The lowest BCUT2D eigenvalue weighted by atomic mass is 10.1. The predicted molar refractivity (Wildman–Crippen MR) is 116 cm³/mol. The predicted octanol–water partition coefficient (Wildman–Crippen LogP) is 2.76. The molecular formula is C23H31NO7. The van der Waals surface area contributed by atoms with Crippen molar-refractivity contribution in [2.24, 2.45) is 0 Å². The van der Waals surface area contributed by atoms with Gasteiger partial charge < -0.3 is 28.8 Å². The second kappa shape index (κ2) is 12.0. The van der Waals surface area contributed by atoms with Crippen LogP contribution in [0.5, 0.6) is 23.0 Å². The minimum Gasteiger partial charge on any atom is -0.493 e. The summed E-state index contributed by atoms with van der Waals surface area (Å²) in [5.74, 6) is 1.72. The van der Waals surface area contributed by atoms with E-state index < -0.39 is 12.1 Å². The van der Waals surface area contributed by atoms with Crippen molar-refractivity contribution in [3.63, 3.8) is 0 Å². The first kappa shape index (κ1) is 24.3. The van der Waals surface area contributed by atoms with Crippen LogP contribution in [0.2, 0.25) is 0 Å². The number of benzene rings is 2. The number of rotatable bonds is 12. The minimum absolute atomic E-state index is 0.0797. The quantitative estimate of drug-likeness (QED) is 0.512. The third kappa shape index (κ3) is 6.77. The molecule has 1 atom stereocenters. The number of ether oxygens (including phenoxy) is 5. The highest BCUT2D eigenvalue weighted by Crippen LogP contribution is 2.29. The fourth-order valence-corrected chi connectivity index (χ4v) is 3.11. The van der Waals surface area contributed by atoms with Crippen LogP contribution in [0, 0.1) is 0 Å². The highest BCUT2D eigenvalue weighted by Gasteiger charge is 2.16. The van der Waals surface area contributed by atoms with Gasteiger partial charge in [0, 0.05) is 13.1 Å². The summed E-state index contributed by atoms with van der Waals surface area (Å²) in [6.07, 6.45) is -0.718. The second-order valence-electron chi connectivity index (χ2n) is 6.84. The number of hydrogen-bond donors (Lipinski definition) is 1. The van der Waals surface area contributed by atoms with E-state index >= 15 is 0 Å². The van der Waals surface area contributed by atoms with Crippen LogP contribution in [0.4, 0.5) is 0 Å². The van der Waals surface area contributed by atoms with Crippen LogP contribution in [0.3, 0.4) is 0 Å². The number of aliphatic hydroxyl groups is 1. The fourth-order valence-electron chi connectivity index (χ4n) is 3.11. The Kier molecular flexibility index (Phi) is 9.42. The van der Waals surface area contributed by atoms with E-state index in [0.29, 0.717) is 41.7 Å². The Morgan fingerprint density at radius 1 is 0.935 bits per heavy atom. The van der Waals surface area contributed by atoms with Crippen LogP contribution in [-0.2, 0) is 11.3 Å². The van der Waals surface area contributed by atoms with Gasteiger partial charge in [-0.2, -0.15) is 0 Å². The molecule has 0 radical (unpaired) electrons. The maximum atomic E-state index is 11.7. The number of methoxy groups -OCH3 is 4. The molecule has 0 aliphatic rings. The van der Waals surface area contributed by atoms with E-state index in [1.165, 1.54) is 14.2 Å². The smallest absolute Gasteiger partial charge is 0.337 e. The topological polar surface area (TPSA) is 86.7 Å². The molecule has 8 nitrogen and oxygen atoms in total. The zero-order valence-corrected chi connectivity index (χ0v) is 18.7. The number of carbonyl (C=O) groups excluding carboxylic acids is 1. The molecular weight excluding hydrogens is 402 g/mol. The number of esters is 1. The summed E-state index contributed by atoms with van der Waals surface area (Å²) in [6, 6.07) is 10.5. The van der Waals surface area contributed by atoms with E-state index in [9.17, 15) is 9.90 Å². The van der Waals surface area contributed by atoms with Crippen molar-refractivity contribution in [1.29, 1.82) is 0 Å². The first-order chi connectivity index (χ1) is 14.9. The Bertz CT molecular complexity index is 856. The maximum absolute atomic E-state index is 11.7. The standard InChI is InChI=1S/C23H31NO7/c1-6-24(13-16-7-9-19(27-2)21(11-16)28-3)14-18(25)15-31-20-10-8-17(23(26)30-5)12-22(20)29-4/h7-12,18,25H,6,13-15H2,1-5H3. The SMILES string of the molecule is CCN(Cc1ccc(OC)c(OC)c1)CC(O)COc1ccc(C(=O)OC)cc1OC. The van der Waals surface area contributed by atoms with Gasteiger partial charge in [-0.15, -0.1) is 0 Å². The summed E-state index contributed by atoms with van der Waals surface area (Å²) >= 11 is 0. The van der Waals surface area contributed by atoms with E-state index in [4.69, 9.17) is 23.7 Å². The molecule has 2 aromatic rings. The summed E-state index contributed by atoms with van der Waals surface area (Å²) in [7, 11) is 6.01.